The Kier molecular flexibility index (Phi) is 5.90. The molecule has 3 aromatic carbocycles. The summed E-state index contributed by atoms with van der Waals surface area (Å²) in [5.41, 5.74) is 9.41. The SMILES string of the molecule is CCc1ccc(-c2c3c4n(c(-c5ccccc5)cn4c2C(=O)Nc2cccc(Cl)c2)CCCC3)cc1. The summed E-state index contributed by atoms with van der Waals surface area (Å²) in [7, 11) is 0. The second-order valence-electron chi connectivity index (χ2n) is 9.40. The number of nitrogens with zero attached hydrogens (tertiary/aromatic N) is 2. The van der Waals surface area contributed by atoms with Gasteiger partial charge in [0.1, 0.15) is 11.3 Å². The van der Waals surface area contributed by atoms with E-state index in [2.05, 4.69) is 75.9 Å². The Morgan fingerprint density at radius 1 is 0.944 bits per heavy atom. The third-order valence-electron chi connectivity index (χ3n) is 7.15. The standard InChI is InChI=1S/C31H28ClN3O/c1-2-21-14-16-23(17-15-21)28-26-13-6-7-18-34-27(22-9-4-3-5-10-22)20-35(31(26)34)29(28)30(36)33-25-12-8-11-24(32)19-25/h3-5,8-12,14-17,19-20H,2,6-7,13,18H2,1H3,(H,33,36). The first-order valence-electron chi connectivity index (χ1n) is 12.6. The minimum absolute atomic E-state index is 0.134. The molecule has 0 saturated heterocycles. The van der Waals surface area contributed by atoms with Crippen LogP contribution in [-0.4, -0.2) is 14.9 Å². The fraction of sp³-hybridized carbons (Fsp3) is 0.194. The molecule has 1 N–H and O–H groups in total. The summed E-state index contributed by atoms with van der Waals surface area (Å²) in [5.74, 6) is -0.134. The Morgan fingerprint density at radius 2 is 1.75 bits per heavy atom. The molecular weight excluding hydrogens is 466 g/mol. The minimum Gasteiger partial charge on any atom is -0.325 e. The number of nitrogens with one attached hydrogen (secondary N) is 1. The van der Waals surface area contributed by atoms with Gasteiger partial charge in [0, 0.05) is 34.6 Å². The Bertz CT molecular complexity index is 1560. The van der Waals surface area contributed by atoms with E-state index in [1.807, 2.05) is 24.3 Å². The predicted molar refractivity (Wildman–Crippen MR) is 148 cm³/mol. The minimum atomic E-state index is -0.134. The van der Waals surface area contributed by atoms with Gasteiger partial charge in [0.2, 0.25) is 0 Å². The second-order valence-corrected chi connectivity index (χ2v) is 9.84. The lowest BCUT2D eigenvalue weighted by atomic mass is 9.96. The van der Waals surface area contributed by atoms with Gasteiger partial charge in [-0.25, -0.2) is 0 Å². The highest BCUT2D eigenvalue weighted by Gasteiger charge is 2.29. The van der Waals surface area contributed by atoms with Gasteiger partial charge >= 0.3 is 0 Å². The molecular formula is C31H28ClN3O. The summed E-state index contributed by atoms with van der Waals surface area (Å²) in [6.07, 6.45) is 6.26. The number of amides is 1. The molecule has 5 aromatic rings. The maximum absolute atomic E-state index is 14.0. The lowest BCUT2D eigenvalue weighted by Gasteiger charge is -2.11. The van der Waals surface area contributed by atoms with Gasteiger partial charge in [0.25, 0.3) is 5.91 Å². The van der Waals surface area contributed by atoms with Gasteiger partial charge in [-0.3, -0.25) is 9.20 Å². The highest BCUT2D eigenvalue weighted by atomic mass is 35.5. The van der Waals surface area contributed by atoms with Crippen molar-refractivity contribution in [2.24, 2.45) is 0 Å². The first-order chi connectivity index (χ1) is 17.6. The molecule has 0 aliphatic carbocycles. The van der Waals surface area contributed by atoms with Crippen molar-refractivity contribution < 1.29 is 4.79 Å². The van der Waals surface area contributed by atoms with E-state index in [0.29, 0.717) is 16.4 Å². The van der Waals surface area contributed by atoms with E-state index in [1.54, 1.807) is 6.07 Å². The van der Waals surface area contributed by atoms with Crippen LogP contribution in [0.1, 0.15) is 41.4 Å². The molecule has 1 amide bonds. The average molecular weight is 494 g/mol. The van der Waals surface area contributed by atoms with E-state index in [1.165, 1.54) is 11.1 Å². The first kappa shape index (κ1) is 22.7. The molecule has 36 heavy (non-hydrogen) atoms. The van der Waals surface area contributed by atoms with Gasteiger partial charge in [-0.05, 0) is 60.6 Å². The lowest BCUT2D eigenvalue weighted by molar-refractivity contribution is 0.102. The molecule has 0 bridgehead atoms. The molecule has 6 rings (SSSR count). The van der Waals surface area contributed by atoms with E-state index in [4.69, 9.17) is 11.6 Å². The normalized spacial score (nSPS) is 13.1. The van der Waals surface area contributed by atoms with Crippen molar-refractivity contribution in [1.82, 2.24) is 8.97 Å². The van der Waals surface area contributed by atoms with Crippen molar-refractivity contribution in [2.45, 2.75) is 39.2 Å². The zero-order valence-corrected chi connectivity index (χ0v) is 21.1. The largest absolute Gasteiger partial charge is 0.325 e. The first-order valence-corrected chi connectivity index (χ1v) is 13.0. The van der Waals surface area contributed by atoms with Crippen molar-refractivity contribution >= 4 is 28.8 Å². The third kappa shape index (κ3) is 3.92. The Balaban J connectivity index is 1.60. The van der Waals surface area contributed by atoms with Crippen molar-refractivity contribution in [3.05, 3.63) is 107 Å². The van der Waals surface area contributed by atoms with Gasteiger partial charge in [0.05, 0.1) is 5.69 Å². The summed E-state index contributed by atoms with van der Waals surface area (Å²) < 4.78 is 4.52. The van der Waals surface area contributed by atoms with Crippen LogP contribution >= 0.6 is 11.6 Å². The quantitative estimate of drug-likeness (QED) is 0.265. The van der Waals surface area contributed by atoms with E-state index in [0.717, 1.165) is 60.3 Å². The fourth-order valence-electron chi connectivity index (χ4n) is 5.42. The summed E-state index contributed by atoms with van der Waals surface area (Å²) in [6.45, 7) is 3.09. The fourth-order valence-corrected chi connectivity index (χ4v) is 5.61. The molecule has 0 atom stereocenters. The van der Waals surface area contributed by atoms with Gasteiger partial charge in [-0.2, -0.15) is 0 Å². The molecule has 0 radical (unpaired) electrons. The van der Waals surface area contributed by atoms with Crippen molar-refractivity contribution in [1.29, 1.82) is 0 Å². The Labute approximate surface area is 216 Å². The number of halogens is 1. The van der Waals surface area contributed by atoms with Crippen LogP contribution in [0.2, 0.25) is 5.02 Å². The number of carbonyl (C=O) groups is 1. The highest BCUT2D eigenvalue weighted by molar-refractivity contribution is 6.31. The van der Waals surface area contributed by atoms with E-state index >= 15 is 0 Å². The second kappa shape index (κ2) is 9.36. The van der Waals surface area contributed by atoms with Crippen LogP contribution in [-0.2, 0) is 19.4 Å². The molecule has 180 valence electrons. The summed E-state index contributed by atoms with van der Waals surface area (Å²) >= 11 is 6.21. The van der Waals surface area contributed by atoms with Gasteiger partial charge in [0.15, 0.2) is 0 Å². The summed E-state index contributed by atoms with van der Waals surface area (Å²) in [4.78, 5) is 14.0. The van der Waals surface area contributed by atoms with Crippen molar-refractivity contribution in [2.75, 3.05) is 5.32 Å². The number of imidazole rings is 1. The molecule has 1 aliphatic heterocycles. The topological polar surface area (TPSA) is 38.4 Å². The van der Waals surface area contributed by atoms with Crippen molar-refractivity contribution in [3.63, 3.8) is 0 Å². The van der Waals surface area contributed by atoms with E-state index in [9.17, 15) is 4.79 Å². The predicted octanol–water partition coefficient (Wildman–Crippen LogP) is 7.88. The number of anilines is 1. The zero-order chi connectivity index (χ0) is 24.6. The number of aromatic nitrogens is 2. The van der Waals surface area contributed by atoms with Crippen LogP contribution in [0.25, 0.3) is 28.0 Å². The number of rotatable bonds is 5. The molecule has 0 fully saturated rings. The highest BCUT2D eigenvalue weighted by Crippen LogP contribution is 2.39. The third-order valence-corrected chi connectivity index (χ3v) is 7.39. The monoisotopic (exact) mass is 493 g/mol. The zero-order valence-electron chi connectivity index (χ0n) is 20.3. The van der Waals surface area contributed by atoms with Gasteiger partial charge in [-0.15, -0.1) is 0 Å². The summed E-state index contributed by atoms with van der Waals surface area (Å²) in [6, 6.07) is 26.4. The molecule has 2 aromatic heterocycles. The molecule has 5 heteroatoms. The van der Waals surface area contributed by atoms with Crippen LogP contribution in [0, 0.1) is 0 Å². The summed E-state index contributed by atoms with van der Waals surface area (Å²) in [5, 5.41) is 3.71. The van der Waals surface area contributed by atoms with Crippen LogP contribution < -0.4 is 5.32 Å². The lowest BCUT2D eigenvalue weighted by Crippen LogP contribution is -2.15. The maximum atomic E-state index is 14.0. The van der Waals surface area contributed by atoms with Gasteiger partial charge in [-0.1, -0.05) is 79.2 Å². The molecule has 0 spiro atoms. The Hall–Kier alpha value is -3.76. The molecule has 1 aliphatic rings. The number of benzene rings is 3. The number of hydrogen-bond donors (Lipinski definition) is 1. The van der Waals surface area contributed by atoms with Crippen molar-refractivity contribution in [3.8, 4) is 22.4 Å². The van der Waals surface area contributed by atoms with Crippen LogP contribution in [0.5, 0.6) is 0 Å². The van der Waals surface area contributed by atoms with Crippen LogP contribution in [0.3, 0.4) is 0 Å². The van der Waals surface area contributed by atoms with Gasteiger partial charge < -0.3 is 9.88 Å². The van der Waals surface area contributed by atoms with Crippen LogP contribution in [0.4, 0.5) is 5.69 Å². The number of carbonyl (C=O) groups excluding carboxylic acids is 1. The molecule has 0 saturated carbocycles. The van der Waals surface area contributed by atoms with E-state index in [-0.39, 0.29) is 5.91 Å². The molecule has 3 heterocycles. The maximum Gasteiger partial charge on any atom is 0.273 e. The Morgan fingerprint density at radius 3 is 2.50 bits per heavy atom. The van der Waals surface area contributed by atoms with Crippen LogP contribution in [0.15, 0.2) is 85.1 Å². The molecule has 4 nitrogen and oxygen atoms in total. The number of hydrogen-bond acceptors (Lipinski definition) is 1. The van der Waals surface area contributed by atoms with E-state index < -0.39 is 0 Å². The number of aryl methyl sites for hydroxylation is 3. The smallest absolute Gasteiger partial charge is 0.273 e. The average Bonchev–Trinajstić information content (AvgIpc) is 3.32. The molecule has 0 unspecified atom stereocenters.